The zero-order valence-electron chi connectivity index (χ0n) is 26.3. The summed E-state index contributed by atoms with van der Waals surface area (Å²) in [5.74, 6) is 0.824. The second-order valence-electron chi connectivity index (χ2n) is 12.7. The van der Waals surface area contributed by atoms with Crippen molar-refractivity contribution < 1.29 is 17.9 Å². The lowest BCUT2D eigenvalue weighted by atomic mass is 10.1. The molecule has 0 amide bonds. The molecule has 11 heteroatoms. The summed E-state index contributed by atoms with van der Waals surface area (Å²) in [6.07, 6.45) is 11.4. The first-order valence-corrected chi connectivity index (χ1v) is 24.4. The SMILES string of the molecule is C[Si](C)(C)O[Si](C)(C)O[Si](C)(C)CCCCCCCCCCCOc1ccc(N=Nc2ccc([N+](=O)[O-])cc2)cc1. The van der Waals surface area contributed by atoms with Gasteiger partial charge in [0, 0.05) is 12.1 Å². The number of hydrogen-bond donors (Lipinski definition) is 0. The predicted octanol–water partition coefficient (Wildman–Crippen LogP) is 10.7. The third-order valence-corrected chi connectivity index (χ3v) is 16.6. The molecule has 41 heavy (non-hydrogen) atoms. The normalized spacial score (nSPS) is 12.7. The molecule has 0 bridgehead atoms. The molecule has 228 valence electrons. The summed E-state index contributed by atoms with van der Waals surface area (Å²) in [6, 6.07) is 14.7. The van der Waals surface area contributed by atoms with Crippen LogP contribution in [0.1, 0.15) is 57.8 Å². The van der Waals surface area contributed by atoms with E-state index in [1.165, 1.54) is 69.5 Å². The Labute approximate surface area is 250 Å². The number of rotatable bonds is 20. The molecule has 0 spiro atoms. The molecule has 0 aliphatic heterocycles. The van der Waals surface area contributed by atoms with Crippen molar-refractivity contribution in [3.63, 3.8) is 0 Å². The molecule has 0 atom stereocenters. The Morgan fingerprint density at radius 2 is 1.12 bits per heavy atom. The summed E-state index contributed by atoms with van der Waals surface area (Å²) in [7, 11) is -5.24. The van der Waals surface area contributed by atoms with Gasteiger partial charge in [-0.05, 0) is 94.7 Å². The van der Waals surface area contributed by atoms with Crippen LogP contribution in [-0.4, -0.2) is 36.7 Å². The molecule has 0 radical (unpaired) electrons. The number of benzene rings is 2. The molecule has 2 aromatic carbocycles. The fourth-order valence-corrected chi connectivity index (χ4v) is 18.2. The van der Waals surface area contributed by atoms with Gasteiger partial charge in [-0.1, -0.05) is 51.4 Å². The van der Waals surface area contributed by atoms with Gasteiger partial charge in [0.1, 0.15) is 5.75 Å². The third kappa shape index (κ3) is 16.1. The highest BCUT2D eigenvalue weighted by Gasteiger charge is 2.37. The second kappa shape index (κ2) is 17.1. The van der Waals surface area contributed by atoms with E-state index in [1.54, 1.807) is 12.1 Å². The number of nitro benzene ring substituents is 1. The van der Waals surface area contributed by atoms with E-state index in [0.29, 0.717) is 18.0 Å². The molecule has 8 nitrogen and oxygen atoms in total. The smallest absolute Gasteiger partial charge is 0.311 e. The largest absolute Gasteiger partial charge is 0.494 e. The molecule has 0 unspecified atom stereocenters. The van der Waals surface area contributed by atoms with E-state index in [0.717, 1.165) is 12.2 Å². The highest BCUT2D eigenvalue weighted by Crippen LogP contribution is 2.26. The highest BCUT2D eigenvalue weighted by molar-refractivity contribution is 6.87. The first kappa shape index (κ1) is 35.0. The number of nitro groups is 1. The number of unbranched alkanes of at least 4 members (excludes halogenated alkanes) is 8. The molecule has 0 N–H and O–H groups in total. The van der Waals surface area contributed by atoms with Gasteiger partial charge in [-0.3, -0.25) is 10.1 Å². The number of nitrogens with zero attached hydrogens (tertiary/aromatic N) is 3. The number of non-ortho nitro benzene ring substituents is 1. The molecule has 0 aromatic heterocycles. The van der Waals surface area contributed by atoms with Gasteiger partial charge in [-0.2, -0.15) is 10.2 Å². The second-order valence-corrected chi connectivity index (χ2v) is 25.4. The standard InChI is InChI=1S/C30H51N3O5Si3/c1-39(2,3)37-41(6,7)38-40(4,5)26-16-14-12-10-8-9-11-13-15-25-36-30-23-19-28(20-24-30)32-31-27-17-21-29(22-18-27)33(34)35/h17-24H,8-16,25-26H2,1-7H3. The van der Waals surface area contributed by atoms with E-state index in [2.05, 4.69) is 56.1 Å². The van der Waals surface area contributed by atoms with Gasteiger partial charge in [0.2, 0.25) is 0 Å². The van der Waals surface area contributed by atoms with Crippen LogP contribution in [0.25, 0.3) is 0 Å². The summed E-state index contributed by atoms with van der Waals surface area (Å²) in [6.45, 7) is 16.6. The molecular weight excluding hydrogens is 567 g/mol. The van der Waals surface area contributed by atoms with E-state index < -0.39 is 30.1 Å². The maximum absolute atomic E-state index is 10.7. The van der Waals surface area contributed by atoms with Crippen LogP contribution in [-0.2, 0) is 8.23 Å². The predicted molar refractivity (Wildman–Crippen MR) is 176 cm³/mol. The van der Waals surface area contributed by atoms with E-state index >= 15 is 0 Å². The minimum Gasteiger partial charge on any atom is -0.494 e. The fourth-order valence-electron chi connectivity index (χ4n) is 4.92. The highest BCUT2D eigenvalue weighted by atomic mass is 28.5. The Bertz CT molecular complexity index is 1070. The first-order valence-electron chi connectivity index (χ1n) is 15.0. The maximum atomic E-state index is 10.7. The molecule has 0 aliphatic rings. The zero-order valence-corrected chi connectivity index (χ0v) is 29.3. The zero-order chi connectivity index (χ0) is 30.4. The quantitative estimate of drug-likeness (QED) is 0.0484. The van der Waals surface area contributed by atoms with Gasteiger partial charge in [-0.15, -0.1) is 0 Å². The lowest BCUT2D eigenvalue weighted by molar-refractivity contribution is -0.384. The van der Waals surface area contributed by atoms with Crippen molar-refractivity contribution in [3.8, 4) is 5.75 Å². The number of azo groups is 1. The van der Waals surface area contributed by atoms with Crippen LogP contribution >= 0.6 is 0 Å². The van der Waals surface area contributed by atoms with E-state index in [1.807, 2.05) is 24.3 Å². The third-order valence-electron chi connectivity index (χ3n) is 6.44. The monoisotopic (exact) mass is 617 g/mol. The molecule has 0 heterocycles. The van der Waals surface area contributed by atoms with Crippen LogP contribution in [0, 0.1) is 10.1 Å². The van der Waals surface area contributed by atoms with Crippen LogP contribution < -0.4 is 4.74 Å². The van der Waals surface area contributed by atoms with Crippen LogP contribution in [0.2, 0.25) is 51.9 Å². The van der Waals surface area contributed by atoms with E-state index in [-0.39, 0.29) is 5.69 Å². The van der Waals surface area contributed by atoms with Gasteiger partial charge in [0.15, 0.2) is 16.6 Å². The Balaban J connectivity index is 1.49. The average molecular weight is 618 g/mol. The van der Waals surface area contributed by atoms with Gasteiger partial charge in [-0.25, -0.2) is 0 Å². The van der Waals surface area contributed by atoms with Crippen LogP contribution in [0.4, 0.5) is 17.1 Å². The number of hydrogen-bond acceptors (Lipinski definition) is 7. The average Bonchev–Trinajstić information content (AvgIpc) is 2.86. The van der Waals surface area contributed by atoms with Crippen LogP contribution in [0.15, 0.2) is 58.8 Å². The lowest BCUT2D eigenvalue weighted by Gasteiger charge is -2.37. The minimum absolute atomic E-state index is 0.0357. The molecule has 0 saturated carbocycles. The van der Waals surface area contributed by atoms with Gasteiger partial charge in [0.05, 0.1) is 22.9 Å². The van der Waals surface area contributed by atoms with Crippen molar-refractivity contribution in [2.24, 2.45) is 10.2 Å². The lowest BCUT2D eigenvalue weighted by Crippen LogP contribution is -2.51. The summed E-state index contributed by atoms with van der Waals surface area (Å²) >= 11 is 0. The van der Waals surface area contributed by atoms with Crippen molar-refractivity contribution in [1.82, 2.24) is 0 Å². The van der Waals surface area contributed by atoms with Crippen molar-refractivity contribution >= 4 is 42.3 Å². The van der Waals surface area contributed by atoms with Crippen molar-refractivity contribution in [2.75, 3.05) is 6.61 Å². The first-order chi connectivity index (χ1) is 19.2. The summed E-state index contributed by atoms with van der Waals surface area (Å²) in [4.78, 5) is 10.3. The van der Waals surface area contributed by atoms with Gasteiger partial charge < -0.3 is 13.0 Å². The van der Waals surface area contributed by atoms with E-state index in [4.69, 9.17) is 13.0 Å². The Hall–Kier alpha value is -2.19. The molecule has 2 rings (SSSR count). The fraction of sp³-hybridized carbons (Fsp3) is 0.600. The molecule has 0 aliphatic carbocycles. The Morgan fingerprint density at radius 1 is 0.659 bits per heavy atom. The maximum Gasteiger partial charge on any atom is 0.311 e. The Kier molecular flexibility index (Phi) is 14.6. The molecule has 0 fully saturated rings. The molecule has 0 saturated heterocycles. The Morgan fingerprint density at radius 3 is 1.61 bits per heavy atom. The van der Waals surface area contributed by atoms with E-state index in [9.17, 15) is 10.1 Å². The van der Waals surface area contributed by atoms with Crippen molar-refractivity contribution in [1.29, 1.82) is 0 Å². The summed E-state index contributed by atoms with van der Waals surface area (Å²) < 4.78 is 18.9. The van der Waals surface area contributed by atoms with Gasteiger partial charge >= 0.3 is 8.56 Å². The molecular formula is C30H51N3O5Si3. The summed E-state index contributed by atoms with van der Waals surface area (Å²) in [5.41, 5.74) is 1.30. The van der Waals surface area contributed by atoms with Gasteiger partial charge in [0.25, 0.3) is 5.69 Å². The summed E-state index contributed by atoms with van der Waals surface area (Å²) in [5, 5.41) is 19.0. The van der Waals surface area contributed by atoms with Crippen molar-refractivity contribution in [2.45, 2.75) is 110 Å². The topological polar surface area (TPSA) is 95.5 Å². The molecule has 2 aromatic rings. The van der Waals surface area contributed by atoms with Crippen LogP contribution in [0.5, 0.6) is 5.75 Å². The minimum atomic E-state index is -2.02. The number of ether oxygens (including phenoxy) is 1. The van der Waals surface area contributed by atoms with Crippen molar-refractivity contribution in [3.05, 3.63) is 58.6 Å². The van der Waals surface area contributed by atoms with Crippen LogP contribution in [0.3, 0.4) is 0 Å².